The highest BCUT2D eigenvalue weighted by Gasteiger charge is 2.20. The van der Waals surface area contributed by atoms with Gasteiger partial charge in [0.1, 0.15) is 5.82 Å². The second kappa shape index (κ2) is 8.36. The number of thiazole rings is 1. The first kappa shape index (κ1) is 19.0. The van der Waals surface area contributed by atoms with Crippen LogP contribution in [0.1, 0.15) is 24.4 Å². The second-order valence-electron chi connectivity index (χ2n) is 6.72. The molecule has 0 aliphatic rings. The molecule has 0 aliphatic heterocycles. The molecule has 7 heteroatoms. The van der Waals surface area contributed by atoms with Crippen LogP contribution in [0.15, 0.2) is 64.8 Å². The van der Waals surface area contributed by atoms with E-state index in [-0.39, 0.29) is 11.5 Å². The van der Waals surface area contributed by atoms with E-state index in [0.29, 0.717) is 41.1 Å². The first-order chi connectivity index (χ1) is 14.1. The maximum atomic E-state index is 13.0. The van der Waals surface area contributed by atoms with Crippen LogP contribution in [0.3, 0.4) is 0 Å². The van der Waals surface area contributed by atoms with Crippen LogP contribution in [-0.4, -0.2) is 20.9 Å². The highest BCUT2D eigenvalue weighted by molar-refractivity contribution is 7.14. The molecule has 2 aromatic heterocycles. The topological polar surface area (TPSA) is 79.0 Å². The van der Waals surface area contributed by atoms with E-state index < -0.39 is 0 Å². The number of H-pyrrole nitrogens is 1. The Labute approximate surface area is 171 Å². The van der Waals surface area contributed by atoms with Crippen LogP contribution in [0.4, 0.5) is 10.8 Å². The zero-order chi connectivity index (χ0) is 20.2. The molecule has 4 aromatic rings. The van der Waals surface area contributed by atoms with Crippen molar-refractivity contribution in [1.29, 1.82) is 0 Å². The first-order valence-electron chi connectivity index (χ1n) is 9.40. The molecule has 0 radical (unpaired) electrons. The summed E-state index contributed by atoms with van der Waals surface area (Å²) in [4.78, 5) is 38.7. The third-order valence-electron chi connectivity index (χ3n) is 4.53. The number of rotatable bonds is 6. The minimum Gasteiger partial charge on any atom is -0.310 e. The molecule has 1 amide bonds. The predicted octanol–water partition coefficient (Wildman–Crippen LogP) is 4.38. The number of hydrogen-bond donors (Lipinski definition) is 1. The molecular formula is C22H20N4O2S. The van der Waals surface area contributed by atoms with E-state index in [2.05, 4.69) is 15.0 Å². The van der Waals surface area contributed by atoms with E-state index in [4.69, 9.17) is 0 Å². The largest absolute Gasteiger partial charge is 0.310 e. The van der Waals surface area contributed by atoms with Crippen LogP contribution in [0.25, 0.3) is 10.9 Å². The van der Waals surface area contributed by atoms with Crippen molar-refractivity contribution in [2.75, 3.05) is 4.90 Å². The normalized spacial score (nSPS) is 10.9. The second-order valence-corrected chi connectivity index (χ2v) is 7.56. The molecule has 0 bridgehead atoms. The van der Waals surface area contributed by atoms with E-state index in [1.165, 1.54) is 11.3 Å². The quantitative estimate of drug-likeness (QED) is 0.517. The molecule has 29 heavy (non-hydrogen) atoms. The number of fused-ring (bicyclic) bond motifs is 1. The summed E-state index contributed by atoms with van der Waals surface area (Å²) in [6, 6.07) is 16.8. The number of carbonyl (C=O) groups excluding carboxylic acids is 1. The maximum absolute atomic E-state index is 13.0. The minimum atomic E-state index is -0.152. The molecule has 0 saturated heterocycles. The van der Waals surface area contributed by atoms with Gasteiger partial charge in [0.2, 0.25) is 5.91 Å². The van der Waals surface area contributed by atoms with Crippen LogP contribution in [0.5, 0.6) is 0 Å². The molecule has 0 spiro atoms. The summed E-state index contributed by atoms with van der Waals surface area (Å²) in [6.45, 7) is 1.91. The molecule has 0 fully saturated rings. The Kier molecular flexibility index (Phi) is 5.48. The number of aryl methyl sites for hydroxylation is 2. The number of hydrogen-bond acceptors (Lipinski definition) is 5. The van der Waals surface area contributed by atoms with Gasteiger partial charge in [0.05, 0.1) is 22.3 Å². The summed E-state index contributed by atoms with van der Waals surface area (Å²) in [5.74, 6) is 0.562. The lowest BCUT2D eigenvalue weighted by atomic mass is 10.2. The van der Waals surface area contributed by atoms with Gasteiger partial charge in [0.15, 0.2) is 5.13 Å². The van der Waals surface area contributed by atoms with E-state index in [0.717, 1.165) is 11.4 Å². The van der Waals surface area contributed by atoms with Gasteiger partial charge in [-0.1, -0.05) is 30.3 Å². The van der Waals surface area contributed by atoms with Gasteiger partial charge in [-0.25, -0.2) is 9.97 Å². The van der Waals surface area contributed by atoms with Crippen LogP contribution < -0.4 is 10.5 Å². The summed E-state index contributed by atoms with van der Waals surface area (Å²) in [7, 11) is 0. The number of nitrogens with zero attached hydrogens (tertiary/aromatic N) is 3. The highest BCUT2D eigenvalue weighted by Crippen LogP contribution is 2.29. The summed E-state index contributed by atoms with van der Waals surface area (Å²) >= 11 is 1.45. The lowest BCUT2D eigenvalue weighted by Gasteiger charge is -2.20. The van der Waals surface area contributed by atoms with Crippen molar-refractivity contribution in [1.82, 2.24) is 15.0 Å². The fourth-order valence-corrected chi connectivity index (χ4v) is 3.99. The van der Waals surface area contributed by atoms with Crippen molar-refractivity contribution in [2.45, 2.75) is 26.2 Å². The Bertz CT molecular complexity index is 1200. The number of anilines is 2. The number of amides is 1. The average molecular weight is 404 g/mol. The van der Waals surface area contributed by atoms with Crippen LogP contribution in [-0.2, 0) is 11.2 Å². The number of benzene rings is 2. The summed E-state index contributed by atoms with van der Waals surface area (Å²) in [5, 5.41) is 3.17. The average Bonchev–Trinajstić information content (AvgIpc) is 3.15. The number of carbonyl (C=O) groups is 1. The summed E-state index contributed by atoms with van der Waals surface area (Å²) < 4.78 is 0. The van der Waals surface area contributed by atoms with E-state index in [1.807, 2.05) is 60.8 Å². The Hall–Kier alpha value is -3.32. The molecule has 1 N–H and O–H groups in total. The minimum absolute atomic E-state index is 0.0336. The summed E-state index contributed by atoms with van der Waals surface area (Å²) in [6.07, 6.45) is 1.42. The number of aromatic nitrogens is 3. The van der Waals surface area contributed by atoms with E-state index in [1.54, 1.807) is 11.0 Å². The van der Waals surface area contributed by atoms with Crippen molar-refractivity contribution in [3.8, 4) is 0 Å². The third kappa shape index (κ3) is 4.25. The van der Waals surface area contributed by atoms with Gasteiger partial charge >= 0.3 is 0 Å². The predicted molar refractivity (Wildman–Crippen MR) is 116 cm³/mol. The fourth-order valence-electron chi connectivity index (χ4n) is 3.15. The third-order valence-corrected chi connectivity index (χ3v) is 5.47. The van der Waals surface area contributed by atoms with E-state index in [9.17, 15) is 9.59 Å². The monoisotopic (exact) mass is 404 g/mol. The molecular weight excluding hydrogens is 384 g/mol. The van der Waals surface area contributed by atoms with Gasteiger partial charge in [-0.2, -0.15) is 0 Å². The molecule has 0 atom stereocenters. The molecule has 146 valence electrons. The van der Waals surface area contributed by atoms with Gasteiger partial charge in [0, 0.05) is 18.2 Å². The van der Waals surface area contributed by atoms with Gasteiger partial charge in [-0.05, 0) is 37.6 Å². The lowest BCUT2D eigenvalue weighted by molar-refractivity contribution is -0.118. The van der Waals surface area contributed by atoms with Crippen LogP contribution >= 0.6 is 11.3 Å². The molecule has 0 unspecified atom stereocenters. The molecule has 4 rings (SSSR count). The van der Waals surface area contributed by atoms with Gasteiger partial charge in [-0.3, -0.25) is 14.5 Å². The van der Waals surface area contributed by atoms with Crippen molar-refractivity contribution in [3.63, 3.8) is 0 Å². The lowest BCUT2D eigenvalue weighted by Crippen LogP contribution is -2.25. The Morgan fingerprint density at radius 2 is 1.83 bits per heavy atom. The van der Waals surface area contributed by atoms with E-state index >= 15 is 0 Å². The summed E-state index contributed by atoms with van der Waals surface area (Å²) in [5.41, 5.74) is 2.20. The highest BCUT2D eigenvalue weighted by atomic mass is 32.1. The molecule has 0 aliphatic carbocycles. The Balaban J connectivity index is 1.49. The van der Waals surface area contributed by atoms with Crippen molar-refractivity contribution in [3.05, 3.63) is 81.8 Å². The SMILES string of the molecule is Cc1csc(N(C(=O)CCCc2nc3ccccc3c(=O)[nH]2)c2ccccc2)n1. The number of nitrogens with one attached hydrogen (secondary N) is 1. The van der Waals surface area contributed by atoms with Crippen molar-refractivity contribution < 1.29 is 4.79 Å². The molecule has 2 heterocycles. The van der Waals surface area contributed by atoms with Crippen molar-refractivity contribution in [2.24, 2.45) is 0 Å². The smallest absolute Gasteiger partial charge is 0.258 e. The van der Waals surface area contributed by atoms with Crippen molar-refractivity contribution >= 4 is 39.0 Å². The van der Waals surface area contributed by atoms with Crippen LogP contribution in [0.2, 0.25) is 0 Å². The van der Waals surface area contributed by atoms with Crippen LogP contribution in [0, 0.1) is 6.92 Å². The van der Waals surface area contributed by atoms with Gasteiger partial charge in [-0.15, -0.1) is 11.3 Å². The zero-order valence-electron chi connectivity index (χ0n) is 16.0. The molecule has 6 nitrogen and oxygen atoms in total. The standard InChI is InChI=1S/C22H20N4O2S/c1-15-14-29-22(23-15)26(16-8-3-2-4-9-16)20(27)13-7-12-19-24-18-11-6-5-10-17(18)21(28)25-19/h2-6,8-11,14H,7,12-13H2,1H3,(H,24,25,28). The molecule has 0 saturated carbocycles. The fraction of sp³-hybridized carbons (Fsp3) is 0.182. The Morgan fingerprint density at radius 1 is 1.07 bits per heavy atom. The maximum Gasteiger partial charge on any atom is 0.258 e. The first-order valence-corrected chi connectivity index (χ1v) is 10.3. The Morgan fingerprint density at radius 3 is 2.59 bits per heavy atom. The zero-order valence-corrected chi connectivity index (χ0v) is 16.8. The number of aromatic amines is 1. The van der Waals surface area contributed by atoms with Gasteiger partial charge < -0.3 is 4.98 Å². The number of para-hydroxylation sites is 2. The van der Waals surface area contributed by atoms with Gasteiger partial charge in [0.25, 0.3) is 5.56 Å². The molecule has 2 aromatic carbocycles.